The fraction of sp³-hybridized carbons (Fsp3) is 0.409. The monoisotopic (exact) mass is 346 g/mol. The first-order valence-electron chi connectivity index (χ1n) is 9.15. The van der Waals surface area contributed by atoms with Gasteiger partial charge in [0.1, 0.15) is 5.41 Å². The van der Waals surface area contributed by atoms with E-state index >= 15 is 0 Å². The molecule has 2 aliphatic carbocycles. The van der Waals surface area contributed by atoms with Crippen LogP contribution in [-0.2, 0) is 20.4 Å². The zero-order valence-corrected chi connectivity index (χ0v) is 15.6. The number of nitrogens with zero attached hydrogens (tertiary/aromatic N) is 2. The lowest BCUT2D eigenvalue weighted by atomic mass is 9.64. The quantitative estimate of drug-likeness (QED) is 0.487. The summed E-state index contributed by atoms with van der Waals surface area (Å²) in [6.45, 7) is 6.56. The first-order valence-corrected chi connectivity index (χ1v) is 9.15. The molecule has 0 spiro atoms. The van der Waals surface area contributed by atoms with Gasteiger partial charge >= 0.3 is 5.97 Å². The third-order valence-corrected chi connectivity index (χ3v) is 7.44. The van der Waals surface area contributed by atoms with E-state index in [4.69, 9.17) is 14.7 Å². The van der Waals surface area contributed by atoms with E-state index in [-0.39, 0.29) is 16.8 Å². The molecule has 2 atom stereocenters. The number of methoxy groups -OCH3 is 1. The first kappa shape index (κ1) is 15.7. The fourth-order valence-electron chi connectivity index (χ4n) is 5.41. The van der Waals surface area contributed by atoms with Gasteiger partial charge in [0.2, 0.25) is 0 Å². The number of carbonyl (C=O) groups is 1. The second-order valence-corrected chi connectivity index (χ2v) is 8.46. The van der Waals surface area contributed by atoms with Gasteiger partial charge in [-0.05, 0) is 41.2 Å². The Labute approximate surface area is 152 Å². The summed E-state index contributed by atoms with van der Waals surface area (Å²) in [4.78, 5) is 23.0. The summed E-state index contributed by atoms with van der Waals surface area (Å²) in [7, 11) is 1.48. The van der Waals surface area contributed by atoms with Crippen molar-refractivity contribution in [2.45, 2.75) is 44.4 Å². The third-order valence-electron chi connectivity index (χ3n) is 7.44. The Morgan fingerprint density at radius 3 is 2.12 bits per heavy atom. The number of aromatic nitrogens is 2. The summed E-state index contributed by atoms with van der Waals surface area (Å²) >= 11 is 0. The number of hydrogen-bond acceptors (Lipinski definition) is 4. The van der Waals surface area contributed by atoms with Crippen LogP contribution in [0, 0.1) is 5.41 Å². The highest BCUT2D eigenvalue weighted by Crippen LogP contribution is 2.70. The molecule has 1 heterocycles. The van der Waals surface area contributed by atoms with Crippen molar-refractivity contribution in [2.24, 2.45) is 5.41 Å². The number of esters is 1. The van der Waals surface area contributed by atoms with Crippen LogP contribution in [-0.4, -0.2) is 23.0 Å². The van der Waals surface area contributed by atoms with Crippen LogP contribution in [0.4, 0.5) is 0 Å². The average molecular weight is 346 g/mol. The molecule has 0 amide bonds. The smallest absolute Gasteiger partial charge is 0.318 e. The minimum atomic E-state index is -0.710. The van der Waals surface area contributed by atoms with Gasteiger partial charge in [-0.25, -0.2) is 9.97 Å². The van der Waals surface area contributed by atoms with E-state index in [1.807, 2.05) is 12.1 Å². The number of rotatable bonds is 1. The molecule has 2 bridgehead atoms. The number of carbonyl (C=O) groups excluding carboxylic acids is 1. The fourth-order valence-corrected chi connectivity index (χ4v) is 5.41. The largest absolute Gasteiger partial charge is 0.468 e. The van der Waals surface area contributed by atoms with Crippen molar-refractivity contribution in [2.75, 3.05) is 7.11 Å². The molecule has 1 saturated carbocycles. The Hall–Kier alpha value is -2.49. The molecular weight excluding hydrogens is 324 g/mol. The number of benzene rings is 2. The van der Waals surface area contributed by atoms with Crippen molar-refractivity contribution in [1.82, 2.24) is 9.97 Å². The maximum atomic E-state index is 13.0. The molecule has 5 rings (SSSR count). The maximum absolute atomic E-state index is 13.0. The first-order chi connectivity index (χ1) is 12.3. The van der Waals surface area contributed by atoms with E-state index in [9.17, 15) is 4.79 Å². The van der Waals surface area contributed by atoms with Gasteiger partial charge in [-0.1, -0.05) is 45.0 Å². The van der Waals surface area contributed by atoms with Crippen molar-refractivity contribution < 1.29 is 9.53 Å². The minimum absolute atomic E-state index is 0.177. The molecule has 1 fully saturated rings. The molecular formula is C22H22N2O2. The molecule has 1 aromatic heterocycles. The summed E-state index contributed by atoms with van der Waals surface area (Å²) < 4.78 is 5.27. The molecule has 0 radical (unpaired) electrons. The number of hydrogen-bond donors (Lipinski definition) is 0. The molecule has 132 valence electrons. The van der Waals surface area contributed by atoms with E-state index in [2.05, 4.69) is 45.0 Å². The van der Waals surface area contributed by atoms with Gasteiger partial charge in [0.05, 0.1) is 29.5 Å². The van der Waals surface area contributed by atoms with Gasteiger partial charge in [0, 0.05) is 5.41 Å². The topological polar surface area (TPSA) is 52.1 Å². The van der Waals surface area contributed by atoms with Crippen molar-refractivity contribution in [1.29, 1.82) is 0 Å². The number of fused-ring (bicyclic) bond motifs is 7. The van der Waals surface area contributed by atoms with Gasteiger partial charge in [0.25, 0.3) is 0 Å². The Morgan fingerprint density at radius 1 is 0.962 bits per heavy atom. The second-order valence-electron chi connectivity index (χ2n) is 8.46. The van der Waals surface area contributed by atoms with E-state index in [0.717, 1.165) is 46.0 Å². The SMILES string of the molecule is COC(=O)[C@@]12CC[C@@](C)(c3nc4cc5ccccc5cc4nc31)C2(C)C. The maximum Gasteiger partial charge on any atom is 0.318 e. The minimum Gasteiger partial charge on any atom is -0.468 e. The molecule has 2 aliphatic rings. The highest BCUT2D eigenvalue weighted by molar-refractivity contribution is 5.96. The average Bonchev–Trinajstić information content (AvgIpc) is 2.93. The summed E-state index contributed by atoms with van der Waals surface area (Å²) in [5, 5.41) is 2.29. The standard InChI is InChI=1S/C22H22N2O2/c1-20(2)21(3)9-10-22(20,19(25)26-4)18-17(21)23-15-11-13-7-5-6-8-14(13)12-16(15)24-18/h5-8,11-12H,9-10H2,1-4H3/t21-,22+/m0/s1. The molecule has 0 unspecified atom stereocenters. The molecule has 26 heavy (non-hydrogen) atoms. The zero-order valence-electron chi connectivity index (χ0n) is 15.6. The van der Waals surface area contributed by atoms with Gasteiger partial charge in [-0.2, -0.15) is 0 Å². The van der Waals surface area contributed by atoms with Crippen LogP contribution in [0.5, 0.6) is 0 Å². The van der Waals surface area contributed by atoms with Crippen LogP contribution < -0.4 is 0 Å². The molecule has 0 saturated heterocycles. The highest BCUT2D eigenvalue weighted by atomic mass is 16.5. The molecule has 0 N–H and O–H groups in total. The van der Waals surface area contributed by atoms with Crippen molar-refractivity contribution in [3.8, 4) is 0 Å². The van der Waals surface area contributed by atoms with Crippen LogP contribution in [0.2, 0.25) is 0 Å². The Morgan fingerprint density at radius 2 is 1.54 bits per heavy atom. The van der Waals surface area contributed by atoms with E-state index in [0.29, 0.717) is 0 Å². The predicted molar refractivity (Wildman–Crippen MR) is 101 cm³/mol. The lowest BCUT2D eigenvalue weighted by molar-refractivity contribution is -0.151. The molecule has 4 nitrogen and oxygen atoms in total. The Bertz CT molecular complexity index is 1100. The van der Waals surface area contributed by atoms with Crippen LogP contribution >= 0.6 is 0 Å². The van der Waals surface area contributed by atoms with E-state index in [1.165, 1.54) is 7.11 Å². The molecule has 3 aromatic rings. The normalized spacial score (nSPS) is 28.5. The van der Waals surface area contributed by atoms with Gasteiger partial charge in [-0.3, -0.25) is 4.79 Å². The summed E-state index contributed by atoms with van der Waals surface area (Å²) in [6.07, 6.45) is 1.69. The van der Waals surface area contributed by atoms with Crippen LogP contribution in [0.25, 0.3) is 21.8 Å². The van der Waals surface area contributed by atoms with Gasteiger partial charge < -0.3 is 4.74 Å². The lowest BCUT2D eigenvalue weighted by Crippen LogP contribution is -2.46. The molecule has 0 aliphatic heterocycles. The molecule has 4 heteroatoms. The zero-order chi connectivity index (χ0) is 18.3. The number of ether oxygens (including phenoxy) is 1. The second kappa shape index (κ2) is 4.61. The van der Waals surface area contributed by atoms with E-state index in [1.54, 1.807) is 0 Å². The van der Waals surface area contributed by atoms with Crippen LogP contribution in [0.15, 0.2) is 36.4 Å². The Balaban J connectivity index is 1.89. The van der Waals surface area contributed by atoms with E-state index < -0.39 is 5.41 Å². The van der Waals surface area contributed by atoms with Crippen molar-refractivity contribution in [3.63, 3.8) is 0 Å². The molecule has 2 aromatic carbocycles. The third kappa shape index (κ3) is 1.51. The summed E-state index contributed by atoms with van der Waals surface area (Å²) in [6, 6.07) is 12.4. The van der Waals surface area contributed by atoms with Crippen LogP contribution in [0.3, 0.4) is 0 Å². The lowest BCUT2D eigenvalue weighted by Gasteiger charge is -2.38. The van der Waals surface area contributed by atoms with Crippen LogP contribution in [0.1, 0.15) is 45.0 Å². The predicted octanol–water partition coefficient (Wildman–Crippen LogP) is 4.29. The van der Waals surface area contributed by atoms with Crippen molar-refractivity contribution in [3.05, 3.63) is 47.8 Å². The van der Waals surface area contributed by atoms with Crippen molar-refractivity contribution >= 4 is 27.8 Å². The Kier molecular flexibility index (Phi) is 2.79. The summed E-state index contributed by atoms with van der Waals surface area (Å²) in [5.74, 6) is -0.181. The van der Waals surface area contributed by atoms with Gasteiger partial charge in [-0.15, -0.1) is 0 Å². The highest BCUT2D eigenvalue weighted by Gasteiger charge is 2.73. The summed E-state index contributed by atoms with van der Waals surface area (Å²) in [5.41, 5.74) is 2.37. The van der Waals surface area contributed by atoms with Gasteiger partial charge in [0.15, 0.2) is 0 Å².